The number of rotatable bonds is 6. The normalized spacial score (nSPS) is 11.7. The van der Waals surface area contributed by atoms with Crippen LogP contribution < -0.4 is 10.1 Å². The third kappa shape index (κ3) is 5.52. The second-order valence-corrected chi connectivity index (χ2v) is 10.1. The SMILES string of the molecule is COc1cc(Cl)ccc1NC(=O)c1cc2ccccc2c(N=Nc2cc(Cl)cc(C)c2S(=O)(=O)O)c1O. The number of nitrogens with zero attached hydrogens (tertiary/aromatic N) is 2. The molecule has 0 aliphatic rings. The van der Waals surface area contributed by atoms with E-state index in [-0.39, 0.29) is 27.5 Å². The number of benzene rings is 4. The van der Waals surface area contributed by atoms with Crippen molar-refractivity contribution in [1.29, 1.82) is 0 Å². The largest absolute Gasteiger partial charge is 0.505 e. The van der Waals surface area contributed by atoms with Crippen LogP contribution in [0.15, 0.2) is 75.8 Å². The number of methoxy groups -OCH3 is 1. The maximum Gasteiger partial charge on any atom is 0.297 e. The van der Waals surface area contributed by atoms with Gasteiger partial charge in [-0.3, -0.25) is 9.35 Å². The maximum absolute atomic E-state index is 13.2. The van der Waals surface area contributed by atoms with E-state index in [0.29, 0.717) is 27.2 Å². The molecule has 0 spiro atoms. The Hall–Kier alpha value is -3.70. The fourth-order valence-electron chi connectivity index (χ4n) is 3.78. The van der Waals surface area contributed by atoms with Crippen LogP contribution >= 0.6 is 23.2 Å². The third-order valence-electron chi connectivity index (χ3n) is 5.39. The standard InChI is InChI=1S/C25H19Cl2N3O6S/c1-13-9-16(27)11-20(24(13)37(33,34)35)29-30-22-17-6-4-3-5-14(17)10-18(23(22)31)25(32)28-19-8-7-15(26)12-21(19)36-2/h3-12,31H,1-2H3,(H,28,32)(H,33,34,35). The van der Waals surface area contributed by atoms with E-state index in [4.69, 9.17) is 27.9 Å². The first-order chi connectivity index (χ1) is 17.5. The molecule has 0 saturated carbocycles. The number of phenolic OH excluding ortho intramolecular Hbond substituents is 1. The van der Waals surface area contributed by atoms with Crippen LogP contribution in [0.5, 0.6) is 11.5 Å². The molecule has 9 nitrogen and oxygen atoms in total. The molecule has 0 aliphatic heterocycles. The smallest absolute Gasteiger partial charge is 0.297 e. The molecule has 190 valence electrons. The zero-order valence-electron chi connectivity index (χ0n) is 19.4. The molecule has 4 rings (SSSR count). The number of phenols is 1. The van der Waals surface area contributed by atoms with Gasteiger partial charge in [0.25, 0.3) is 16.0 Å². The Balaban J connectivity index is 1.85. The van der Waals surface area contributed by atoms with Crippen LogP contribution in [-0.2, 0) is 10.1 Å². The number of hydrogen-bond acceptors (Lipinski definition) is 7. The summed E-state index contributed by atoms with van der Waals surface area (Å²) in [6, 6.07) is 15.5. The number of azo groups is 1. The molecule has 0 radical (unpaired) electrons. The number of carbonyl (C=O) groups is 1. The van der Waals surface area contributed by atoms with E-state index in [9.17, 15) is 22.9 Å². The first kappa shape index (κ1) is 26.4. The molecule has 3 N–H and O–H groups in total. The molecule has 0 unspecified atom stereocenters. The van der Waals surface area contributed by atoms with Gasteiger partial charge in [0.1, 0.15) is 22.0 Å². The van der Waals surface area contributed by atoms with Crippen molar-refractivity contribution in [2.24, 2.45) is 10.2 Å². The molecular weight excluding hydrogens is 541 g/mol. The van der Waals surface area contributed by atoms with Crippen LogP contribution in [-0.4, -0.2) is 31.1 Å². The highest BCUT2D eigenvalue weighted by molar-refractivity contribution is 7.86. The van der Waals surface area contributed by atoms with Crippen molar-refractivity contribution in [1.82, 2.24) is 0 Å². The Morgan fingerprint density at radius 3 is 2.43 bits per heavy atom. The van der Waals surface area contributed by atoms with Crippen LogP contribution in [0.25, 0.3) is 10.8 Å². The summed E-state index contributed by atoms with van der Waals surface area (Å²) in [5.41, 5.74) is 0.0202. The lowest BCUT2D eigenvalue weighted by atomic mass is 10.0. The van der Waals surface area contributed by atoms with Crippen molar-refractivity contribution < 1.29 is 27.6 Å². The van der Waals surface area contributed by atoms with Crippen LogP contribution in [0.3, 0.4) is 0 Å². The Bertz CT molecular complexity index is 1690. The second kappa shape index (κ2) is 10.3. The van der Waals surface area contributed by atoms with Gasteiger partial charge >= 0.3 is 0 Å². The number of amides is 1. The van der Waals surface area contributed by atoms with E-state index >= 15 is 0 Å². The minimum absolute atomic E-state index is 0.0924. The summed E-state index contributed by atoms with van der Waals surface area (Å²) >= 11 is 12.0. The summed E-state index contributed by atoms with van der Waals surface area (Å²) in [6.45, 7) is 1.44. The summed E-state index contributed by atoms with van der Waals surface area (Å²) in [7, 11) is -3.24. The van der Waals surface area contributed by atoms with Crippen molar-refractivity contribution in [3.8, 4) is 11.5 Å². The summed E-state index contributed by atoms with van der Waals surface area (Å²) in [5.74, 6) is -0.854. The summed E-state index contributed by atoms with van der Waals surface area (Å²) in [6.07, 6.45) is 0. The minimum atomic E-state index is -4.66. The zero-order valence-corrected chi connectivity index (χ0v) is 21.7. The van der Waals surface area contributed by atoms with Crippen molar-refractivity contribution in [3.05, 3.63) is 81.8 Å². The quantitative estimate of drug-likeness (QED) is 0.170. The summed E-state index contributed by atoms with van der Waals surface area (Å²) in [4.78, 5) is 12.7. The van der Waals surface area contributed by atoms with Gasteiger partial charge in [-0.25, -0.2) is 0 Å². The van der Waals surface area contributed by atoms with Crippen molar-refractivity contribution in [3.63, 3.8) is 0 Å². The third-order valence-corrected chi connectivity index (χ3v) is 6.89. The van der Waals surface area contributed by atoms with Gasteiger partial charge in [-0.15, -0.1) is 10.2 Å². The molecule has 0 fully saturated rings. The number of ether oxygens (including phenoxy) is 1. The van der Waals surface area contributed by atoms with Crippen LogP contribution in [0.2, 0.25) is 10.0 Å². The predicted octanol–water partition coefficient (Wildman–Crippen LogP) is 7.08. The molecule has 0 saturated heterocycles. The zero-order chi connectivity index (χ0) is 26.9. The molecule has 37 heavy (non-hydrogen) atoms. The molecule has 0 bridgehead atoms. The van der Waals surface area contributed by atoms with E-state index < -0.39 is 26.7 Å². The Labute approximate surface area is 222 Å². The number of hydrogen-bond donors (Lipinski definition) is 3. The molecular formula is C25H19Cl2N3O6S. The van der Waals surface area contributed by atoms with Crippen LogP contribution in [0.4, 0.5) is 17.1 Å². The molecule has 12 heteroatoms. The molecule has 0 aromatic heterocycles. The fourth-order valence-corrected chi connectivity index (χ4v) is 5.03. The molecule has 0 aliphatic carbocycles. The highest BCUT2D eigenvalue weighted by Crippen LogP contribution is 2.41. The van der Waals surface area contributed by atoms with Gasteiger partial charge in [0.05, 0.1) is 18.4 Å². The monoisotopic (exact) mass is 559 g/mol. The van der Waals surface area contributed by atoms with Gasteiger partial charge in [-0.2, -0.15) is 8.42 Å². The van der Waals surface area contributed by atoms with Gasteiger partial charge in [0.15, 0.2) is 5.75 Å². The Kier molecular flexibility index (Phi) is 7.37. The first-order valence-corrected chi connectivity index (χ1v) is 12.8. The second-order valence-electron chi connectivity index (χ2n) is 7.89. The van der Waals surface area contributed by atoms with Gasteiger partial charge in [0.2, 0.25) is 0 Å². The van der Waals surface area contributed by atoms with Crippen molar-refractivity contribution >= 4 is 67.1 Å². The molecule has 4 aromatic carbocycles. The number of nitrogens with one attached hydrogen (secondary N) is 1. The number of carbonyl (C=O) groups excluding carboxylic acids is 1. The van der Waals surface area contributed by atoms with Gasteiger partial charge in [-0.05, 0) is 48.2 Å². The van der Waals surface area contributed by atoms with E-state index in [1.54, 1.807) is 36.4 Å². The fraction of sp³-hybridized carbons (Fsp3) is 0.0800. The number of aryl methyl sites for hydroxylation is 1. The molecule has 4 aromatic rings. The molecule has 0 atom stereocenters. The van der Waals surface area contributed by atoms with Crippen LogP contribution in [0, 0.1) is 6.92 Å². The minimum Gasteiger partial charge on any atom is -0.505 e. The number of halogens is 2. The van der Waals surface area contributed by atoms with Gasteiger partial charge in [0, 0.05) is 21.5 Å². The van der Waals surface area contributed by atoms with Gasteiger partial charge < -0.3 is 15.2 Å². The maximum atomic E-state index is 13.2. The Morgan fingerprint density at radius 2 is 1.73 bits per heavy atom. The number of fused-ring (bicyclic) bond motifs is 1. The predicted molar refractivity (Wildman–Crippen MR) is 142 cm³/mol. The van der Waals surface area contributed by atoms with E-state index in [2.05, 4.69) is 15.5 Å². The number of anilines is 1. The lowest BCUT2D eigenvalue weighted by molar-refractivity contribution is 0.102. The summed E-state index contributed by atoms with van der Waals surface area (Å²) < 4.78 is 38.9. The lowest BCUT2D eigenvalue weighted by Crippen LogP contribution is -2.13. The topological polar surface area (TPSA) is 138 Å². The summed E-state index contributed by atoms with van der Waals surface area (Å²) in [5, 5.41) is 23.3. The van der Waals surface area contributed by atoms with Crippen molar-refractivity contribution in [2.45, 2.75) is 11.8 Å². The first-order valence-electron chi connectivity index (χ1n) is 10.6. The van der Waals surface area contributed by atoms with E-state index in [1.807, 2.05) is 0 Å². The number of aromatic hydroxyl groups is 1. The highest BCUT2D eigenvalue weighted by Gasteiger charge is 2.22. The average molecular weight is 560 g/mol. The highest BCUT2D eigenvalue weighted by atomic mass is 35.5. The van der Waals surface area contributed by atoms with Crippen molar-refractivity contribution in [2.75, 3.05) is 12.4 Å². The van der Waals surface area contributed by atoms with Gasteiger partial charge in [-0.1, -0.05) is 47.5 Å². The average Bonchev–Trinajstić information content (AvgIpc) is 2.82. The molecule has 0 heterocycles. The lowest BCUT2D eigenvalue weighted by Gasteiger charge is -2.13. The van der Waals surface area contributed by atoms with E-state index in [1.165, 1.54) is 38.3 Å². The molecule has 1 amide bonds. The van der Waals surface area contributed by atoms with Crippen LogP contribution in [0.1, 0.15) is 15.9 Å². The van der Waals surface area contributed by atoms with E-state index in [0.717, 1.165) is 0 Å². The Morgan fingerprint density at radius 1 is 1.00 bits per heavy atom.